The number of nitrogens with one attached hydrogen (secondary N) is 1. The number of halogens is 1. The van der Waals surface area contributed by atoms with Crippen molar-refractivity contribution in [3.8, 4) is 5.75 Å². The fourth-order valence-corrected chi connectivity index (χ4v) is 5.67. The van der Waals surface area contributed by atoms with Gasteiger partial charge in [0.2, 0.25) is 10.0 Å². The van der Waals surface area contributed by atoms with E-state index in [1.165, 1.54) is 25.3 Å². The smallest absolute Gasteiger partial charge is 0.279 e. The highest BCUT2D eigenvalue weighted by Gasteiger charge is 2.38. The van der Waals surface area contributed by atoms with E-state index >= 15 is 0 Å². The van der Waals surface area contributed by atoms with E-state index in [9.17, 15) is 21.2 Å². The van der Waals surface area contributed by atoms with Crippen molar-refractivity contribution in [1.82, 2.24) is 4.41 Å². The molecule has 0 bridgehead atoms. The van der Waals surface area contributed by atoms with Crippen molar-refractivity contribution in [2.45, 2.75) is 17.4 Å². The highest BCUT2D eigenvalue weighted by Crippen LogP contribution is 2.38. The Hall–Kier alpha value is -3.44. The highest BCUT2D eigenvalue weighted by atomic mass is 32.2. The van der Waals surface area contributed by atoms with E-state index in [0.717, 1.165) is 16.7 Å². The zero-order valence-electron chi connectivity index (χ0n) is 18.3. The maximum Gasteiger partial charge on any atom is 0.279 e. The van der Waals surface area contributed by atoms with Crippen LogP contribution in [0.2, 0.25) is 0 Å². The van der Waals surface area contributed by atoms with Crippen LogP contribution in [0.5, 0.6) is 5.75 Å². The van der Waals surface area contributed by atoms with Crippen LogP contribution in [0, 0.1) is 5.82 Å². The van der Waals surface area contributed by atoms with Gasteiger partial charge in [-0.2, -0.15) is 17.9 Å². The first-order valence-electron chi connectivity index (χ1n) is 10.2. The lowest BCUT2D eigenvalue weighted by molar-refractivity contribution is 0.370. The molecule has 3 aromatic carbocycles. The zero-order valence-corrected chi connectivity index (χ0v) is 20.0. The molecule has 4 rings (SSSR count). The number of ether oxygens (including phenoxy) is 1. The van der Waals surface area contributed by atoms with Gasteiger partial charge in [-0.05, 0) is 53.6 Å². The van der Waals surface area contributed by atoms with Crippen LogP contribution in [0.3, 0.4) is 0 Å². The second-order valence-corrected chi connectivity index (χ2v) is 11.3. The lowest BCUT2D eigenvalue weighted by atomic mass is 9.99. The Balaban J connectivity index is 1.74. The van der Waals surface area contributed by atoms with E-state index in [4.69, 9.17) is 4.74 Å². The van der Waals surface area contributed by atoms with Crippen molar-refractivity contribution in [1.29, 1.82) is 0 Å². The van der Waals surface area contributed by atoms with Crippen molar-refractivity contribution in [3.63, 3.8) is 0 Å². The largest absolute Gasteiger partial charge is 0.497 e. The Labute approximate surface area is 197 Å². The number of methoxy groups -OCH3 is 1. The SMILES string of the molecule is COc1ccc(C2CC(c3ccc(NS(C)(=O)=O)cc3)=NN2S(=O)(=O)c2cccc(F)c2)cc1. The second kappa shape index (κ2) is 9.07. The molecule has 1 unspecified atom stereocenters. The first-order chi connectivity index (χ1) is 16.1. The van der Waals surface area contributed by atoms with E-state index in [1.54, 1.807) is 48.5 Å². The average molecular weight is 504 g/mol. The molecule has 1 heterocycles. The summed E-state index contributed by atoms with van der Waals surface area (Å²) in [6.45, 7) is 0. The normalized spacial score (nSPS) is 16.3. The summed E-state index contributed by atoms with van der Waals surface area (Å²) in [7, 11) is -6.06. The van der Waals surface area contributed by atoms with Crippen LogP contribution in [0.15, 0.2) is 82.8 Å². The van der Waals surface area contributed by atoms with Crippen LogP contribution in [0.4, 0.5) is 10.1 Å². The molecule has 34 heavy (non-hydrogen) atoms. The summed E-state index contributed by atoms with van der Waals surface area (Å²) in [4.78, 5) is -0.205. The predicted molar refractivity (Wildman–Crippen MR) is 127 cm³/mol. The maximum absolute atomic E-state index is 13.8. The second-order valence-electron chi connectivity index (χ2n) is 7.73. The molecule has 3 aromatic rings. The van der Waals surface area contributed by atoms with E-state index in [1.807, 2.05) is 0 Å². The molecule has 0 saturated heterocycles. The summed E-state index contributed by atoms with van der Waals surface area (Å²) >= 11 is 0. The lowest BCUT2D eigenvalue weighted by Crippen LogP contribution is -2.27. The Morgan fingerprint density at radius 1 is 1.00 bits per heavy atom. The van der Waals surface area contributed by atoms with Crippen LogP contribution in [-0.2, 0) is 20.0 Å². The van der Waals surface area contributed by atoms with Crippen LogP contribution in [0.25, 0.3) is 0 Å². The van der Waals surface area contributed by atoms with Crippen molar-refractivity contribution in [2.24, 2.45) is 5.10 Å². The van der Waals surface area contributed by atoms with Crippen LogP contribution in [-0.4, -0.2) is 40.3 Å². The number of benzene rings is 3. The summed E-state index contributed by atoms with van der Waals surface area (Å²) in [6, 6.07) is 17.6. The predicted octanol–water partition coefficient (Wildman–Crippen LogP) is 3.75. The van der Waals surface area contributed by atoms with Crippen LogP contribution < -0.4 is 9.46 Å². The molecule has 1 aliphatic rings. The van der Waals surface area contributed by atoms with E-state index < -0.39 is 31.9 Å². The molecule has 0 saturated carbocycles. The lowest BCUT2D eigenvalue weighted by Gasteiger charge is -2.23. The monoisotopic (exact) mass is 503 g/mol. The first-order valence-corrected chi connectivity index (χ1v) is 13.5. The van der Waals surface area contributed by atoms with Crippen molar-refractivity contribution >= 4 is 31.4 Å². The van der Waals surface area contributed by atoms with Gasteiger partial charge < -0.3 is 4.74 Å². The molecule has 1 N–H and O–H groups in total. The molecule has 1 atom stereocenters. The number of hydrazone groups is 1. The van der Waals surface area contributed by atoms with Crippen LogP contribution >= 0.6 is 0 Å². The molecule has 0 spiro atoms. The minimum absolute atomic E-state index is 0.205. The Bertz CT molecular complexity index is 1440. The van der Waals surface area contributed by atoms with Gasteiger partial charge in [0.05, 0.1) is 30.0 Å². The van der Waals surface area contributed by atoms with Gasteiger partial charge in [0.25, 0.3) is 10.0 Å². The molecule has 0 fully saturated rings. The molecule has 8 nitrogen and oxygen atoms in total. The van der Waals surface area contributed by atoms with E-state index in [2.05, 4.69) is 9.82 Å². The van der Waals surface area contributed by atoms with Crippen molar-refractivity contribution < 1.29 is 26.0 Å². The minimum Gasteiger partial charge on any atom is -0.497 e. The molecule has 1 aliphatic heterocycles. The number of hydrogen-bond acceptors (Lipinski definition) is 6. The van der Waals surface area contributed by atoms with Gasteiger partial charge in [-0.15, -0.1) is 0 Å². The first kappa shape index (κ1) is 23.7. The molecule has 178 valence electrons. The highest BCUT2D eigenvalue weighted by molar-refractivity contribution is 7.92. The quantitative estimate of drug-likeness (QED) is 0.529. The fraction of sp³-hybridized carbons (Fsp3) is 0.174. The summed E-state index contributed by atoms with van der Waals surface area (Å²) in [5.41, 5.74) is 2.19. The van der Waals surface area contributed by atoms with E-state index in [0.29, 0.717) is 28.3 Å². The third kappa shape index (κ3) is 5.05. The van der Waals surface area contributed by atoms with Gasteiger partial charge >= 0.3 is 0 Å². The summed E-state index contributed by atoms with van der Waals surface area (Å²) in [5, 5.41) is 4.41. The third-order valence-electron chi connectivity index (χ3n) is 5.23. The van der Waals surface area contributed by atoms with Crippen molar-refractivity contribution in [3.05, 3.63) is 89.7 Å². The summed E-state index contributed by atoms with van der Waals surface area (Å²) in [6.07, 6.45) is 1.32. The Morgan fingerprint density at radius 3 is 2.26 bits per heavy atom. The fourth-order valence-electron chi connectivity index (χ4n) is 3.64. The zero-order chi connectivity index (χ0) is 24.5. The van der Waals surface area contributed by atoms with Crippen molar-refractivity contribution in [2.75, 3.05) is 18.1 Å². The van der Waals surface area contributed by atoms with Gasteiger partial charge in [0.15, 0.2) is 0 Å². The number of sulfonamides is 2. The van der Waals surface area contributed by atoms with E-state index in [-0.39, 0.29) is 11.3 Å². The topological polar surface area (TPSA) is 105 Å². The van der Waals surface area contributed by atoms with Gasteiger partial charge in [0.1, 0.15) is 11.6 Å². The maximum atomic E-state index is 13.8. The molecule has 0 amide bonds. The minimum atomic E-state index is -4.16. The molecule has 11 heteroatoms. The number of anilines is 1. The van der Waals surface area contributed by atoms with Gasteiger partial charge in [0, 0.05) is 12.1 Å². The number of nitrogens with zero attached hydrogens (tertiary/aromatic N) is 2. The standard InChI is InChI=1S/C23H22FN3O5S2/c1-32-20-12-8-17(9-13-20)23-15-22(16-6-10-19(11-7-16)26-33(2,28)29)25-27(23)34(30,31)21-5-3-4-18(24)14-21/h3-14,23,26H,15H2,1-2H3. The number of rotatable bonds is 7. The Morgan fingerprint density at radius 2 is 1.68 bits per heavy atom. The van der Waals surface area contributed by atoms with Crippen LogP contribution in [0.1, 0.15) is 23.6 Å². The third-order valence-corrected chi connectivity index (χ3v) is 7.52. The molecular weight excluding hydrogens is 481 g/mol. The number of hydrogen-bond donors (Lipinski definition) is 1. The molecule has 0 aliphatic carbocycles. The molecule has 0 radical (unpaired) electrons. The Kier molecular flexibility index (Phi) is 6.32. The van der Waals surface area contributed by atoms with Gasteiger partial charge in [-0.25, -0.2) is 12.8 Å². The average Bonchev–Trinajstić information content (AvgIpc) is 3.25. The molecule has 0 aromatic heterocycles. The summed E-state index contributed by atoms with van der Waals surface area (Å²) < 4.78 is 72.2. The van der Waals surface area contributed by atoms with Gasteiger partial charge in [-0.1, -0.05) is 30.3 Å². The molecular formula is C23H22FN3O5S2. The summed E-state index contributed by atoms with van der Waals surface area (Å²) in [5.74, 6) is -0.0455. The van der Waals surface area contributed by atoms with Gasteiger partial charge in [-0.3, -0.25) is 4.72 Å².